The third kappa shape index (κ3) is 4.70. The van der Waals surface area contributed by atoms with Crippen LogP contribution in [-0.4, -0.2) is 30.5 Å². The summed E-state index contributed by atoms with van der Waals surface area (Å²) in [6.45, 7) is 10.5. The Bertz CT molecular complexity index is 1070. The molecule has 0 radical (unpaired) electrons. The molecule has 154 valence electrons. The number of carbonyl (C=O) groups excluding carboxylic acids is 1. The number of thioether (sulfide) groups is 1. The molecule has 1 amide bonds. The van der Waals surface area contributed by atoms with E-state index in [0.29, 0.717) is 28.4 Å². The topological polar surface area (TPSA) is 81.8 Å². The Morgan fingerprint density at radius 1 is 1.14 bits per heavy atom. The molecule has 0 aliphatic rings. The molecule has 8 heteroatoms. The van der Waals surface area contributed by atoms with E-state index in [1.807, 2.05) is 39.0 Å². The minimum Gasteiger partial charge on any atom is -0.310 e. The molecule has 0 unspecified atom stereocenters. The molecule has 1 N–H and O–H groups in total. The average Bonchev–Trinajstić information content (AvgIpc) is 3.13. The number of hydrogen-bond donors (Lipinski definition) is 1. The van der Waals surface area contributed by atoms with Gasteiger partial charge in [0.25, 0.3) is 5.56 Å². The number of nitrogens with one attached hydrogen (secondary N) is 1. The van der Waals surface area contributed by atoms with E-state index in [2.05, 4.69) is 29.2 Å². The Balaban J connectivity index is 1.88. The van der Waals surface area contributed by atoms with E-state index in [1.165, 1.54) is 11.8 Å². The summed E-state index contributed by atoms with van der Waals surface area (Å²) in [6, 6.07) is 9.23. The summed E-state index contributed by atoms with van der Waals surface area (Å²) in [4.78, 5) is 30.5. The van der Waals surface area contributed by atoms with Gasteiger partial charge < -0.3 is 5.32 Å². The van der Waals surface area contributed by atoms with Crippen molar-refractivity contribution in [3.8, 4) is 0 Å². The van der Waals surface area contributed by atoms with Crippen molar-refractivity contribution in [2.75, 3.05) is 5.32 Å². The van der Waals surface area contributed by atoms with Gasteiger partial charge in [-0.05, 0) is 38.8 Å². The highest BCUT2D eigenvalue weighted by Gasteiger charge is 2.21. The number of nitrogens with zero attached hydrogens (tertiary/aromatic N) is 4. The number of amides is 1. The molecule has 0 saturated heterocycles. The van der Waals surface area contributed by atoms with Crippen LogP contribution in [0.2, 0.25) is 0 Å². The zero-order chi connectivity index (χ0) is 21.1. The molecule has 1 aromatic carbocycles. The molecule has 2 aromatic heterocycles. The fourth-order valence-corrected chi connectivity index (χ4v) is 3.95. The molecule has 2 heterocycles. The third-order valence-electron chi connectivity index (χ3n) is 4.44. The van der Waals surface area contributed by atoms with Crippen molar-refractivity contribution in [1.29, 1.82) is 0 Å². The highest BCUT2D eigenvalue weighted by Crippen LogP contribution is 2.24. The molecule has 1 atom stereocenters. The van der Waals surface area contributed by atoms with Crippen molar-refractivity contribution < 1.29 is 4.79 Å². The Labute approximate surface area is 174 Å². The number of hydrogen-bond acceptors (Lipinski definition) is 5. The first-order valence-electron chi connectivity index (χ1n) is 9.78. The highest BCUT2D eigenvalue weighted by molar-refractivity contribution is 8.00. The normalized spacial score (nSPS) is 12.7. The quantitative estimate of drug-likeness (QED) is 0.468. The van der Waals surface area contributed by atoms with Gasteiger partial charge in [0.05, 0.1) is 22.3 Å². The van der Waals surface area contributed by atoms with E-state index in [9.17, 15) is 9.59 Å². The maximum absolute atomic E-state index is 13.0. The lowest BCUT2D eigenvalue weighted by Gasteiger charge is -2.18. The van der Waals surface area contributed by atoms with Crippen LogP contribution in [0.4, 0.5) is 5.82 Å². The number of aromatic nitrogens is 4. The number of anilines is 1. The fourth-order valence-electron chi connectivity index (χ4n) is 3.03. The van der Waals surface area contributed by atoms with Gasteiger partial charge in [0.2, 0.25) is 5.91 Å². The summed E-state index contributed by atoms with van der Waals surface area (Å²) in [5.41, 5.74) is 0.572. The van der Waals surface area contributed by atoms with Gasteiger partial charge in [0.1, 0.15) is 5.82 Å². The zero-order valence-corrected chi connectivity index (χ0v) is 18.2. The lowest BCUT2D eigenvalue weighted by Crippen LogP contribution is -2.28. The van der Waals surface area contributed by atoms with Crippen LogP contribution >= 0.6 is 11.8 Å². The minimum atomic E-state index is -0.433. The second kappa shape index (κ2) is 8.82. The first-order chi connectivity index (χ1) is 13.8. The standard InChI is InChI=1S/C21H27N5O2S/c1-13(2)12-25-20(28)16-8-6-7-9-17(16)23-21(25)29-15(5)19(27)24-18-10-11-22-26(18)14(3)4/h6-11,13-15H,12H2,1-5H3,(H,24,27)/t15-/m1/s1. The summed E-state index contributed by atoms with van der Waals surface area (Å²) in [5, 5.41) is 7.89. The number of fused-ring (bicyclic) bond motifs is 1. The van der Waals surface area contributed by atoms with E-state index in [-0.39, 0.29) is 23.4 Å². The van der Waals surface area contributed by atoms with Crippen LogP contribution in [0.1, 0.15) is 40.7 Å². The Hall–Kier alpha value is -2.61. The average molecular weight is 414 g/mol. The summed E-state index contributed by atoms with van der Waals surface area (Å²) >= 11 is 1.30. The molecular weight excluding hydrogens is 386 g/mol. The first-order valence-corrected chi connectivity index (χ1v) is 10.7. The molecule has 0 spiro atoms. The van der Waals surface area contributed by atoms with Crippen molar-refractivity contribution in [3.63, 3.8) is 0 Å². The smallest absolute Gasteiger partial charge is 0.262 e. The predicted octanol–water partition coefficient (Wildman–Crippen LogP) is 3.95. The summed E-state index contributed by atoms with van der Waals surface area (Å²) < 4.78 is 3.44. The van der Waals surface area contributed by atoms with E-state index in [4.69, 9.17) is 0 Å². The second-order valence-corrected chi connectivity index (χ2v) is 9.03. The van der Waals surface area contributed by atoms with Crippen LogP contribution in [0, 0.1) is 5.92 Å². The Morgan fingerprint density at radius 2 is 1.86 bits per heavy atom. The highest BCUT2D eigenvalue weighted by atomic mass is 32.2. The summed E-state index contributed by atoms with van der Waals surface area (Å²) in [7, 11) is 0. The maximum atomic E-state index is 13.0. The van der Waals surface area contributed by atoms with Crippen LogP contribution < -0.4 is 10.9 Å². The van der Waals surface area contributed by atoms with Crippen molar-refractivity contribution in [3.05, 3.63) is 46.9 Å². The summed E-state index contributed by atoms with van der Waals surface area (Å²) in [6.07, 6.45) is 1.67. The van der Waals surface area contributed by atoms with Crippen LogP contribution in [0.3, 0.4) is 0 Å². The van der Waals surface area contributed by atoms with Gasteiger partial charge in [-0.2, -0.15) is 5.10 Å². The van der Waals surface area contributed by atoms with Crippen molar-refractivity contribution >= 4 is 34.4 Å². The molecule has 29 heavy (non-hydrogen) atoms. The van der Waals surface area contributed by atoms with E-state index in [1.54, 1.807) is 27.6 Å². The first kappa shape index (κ1) is 21.1. The lowest BCUT2D eigenvalue weighted by atomic mass is 10.2. The SMILES string of the molecule is CC(C)Cn1c(S[C@H](C)C(=O)Nc2ccnn2C(C)C)nc2ccccc2c1=O. The van der Waals surface area contributed by atoms with Gasteiger partial charge in [0.15, 0.2) is 5.16 Å². The van der Waals surface area contributed by atoms with Crippen molar-refractivity contribution in [2.24, 2.45) is 5.92 Å². The zero-order valence-electron chi connectivity index (χ0n) is 17.4. The molecule has 3 aromatic rings. The van der Waals surface area contributed by atoms with Crippen LogP contribution in [0.15, 0.2) is 46.5 Å². The fraction of sp³-hybridized carbons (Fsp3) is 0.429. The molecular formula is C21H27N5O2S. The lowest BCUT2D eigenvalue weighted by molar-refractivity contribution is -0.115. The van der Waals surface area contributed by atoms with Crippen molar-refractivity contribution in [1.82, 2.24) is 19.3 Å². The van der Waals surface area contributed by atoms with Gasteiger partial charge in [-0.25, -0.2) is 9.67 Å². The molecule has 0 bridgehead atoms. The monoisotopic (exact) mass is 413 g/mol. The van der Waals surface area contributed by atoms with Gasteiger partial charge >= 0.3 is 0 Å². The predicted molar refractivity (Wildman–Crippen MR) is 117 cm³/mol. The van der Waals surface area contributed by atoms with E-state index < -0.39 is 5.25 Å². The van der Waals surface area contributed by atoms with Crippen LogP contribution in [-0.2, 0) is 11.3 Å². The molecule has 7 nitrogen and oxygen atoms in total. The number of rotatable bonds is 7. The van der Waals surface area contributed by atoms with Crippen LogP contribution in [0.25, 0.3) is 10.9 Å². The largest absolute Gasteiger partial charge is 0.310 e. The van der Waals surface area contributed by atoms with Crippen molar-refractivity contribution in [2.45, 2.75) is 57.6 Å². The molecule has 0 aliphatic heterocycles. The summed E-state index contributed by atoms with van der Waals surface area (Å²) in [5.74, 6) is 0.777. The van der Waals surface area contributed by atoms with Gasteiger partial charge in [-0.15, -0.1) is 0 Å². The Morgan fingerprint density at radius 3 is 2.55 bits per heavy atom. The third-order valence-corrected chi connectivity index (χ3v) is 5.53. The van der Waals surface area contributed by atoms with Gasteiger partial charge in [0, 0.05) is 18.7 Å². The molecule has 0 saturated carbocycles. The van der Waals surface area contributed by atoms with Crippen LogP contribution in [0.5, 0.6) is 0 Å². The maximum Gasteiger partial charge on any atom is 0.262 e. The van der Waals surface area contributed by atoms with Gasteiger partial charge in [-0.3, -0.25) is 14.2 Å². The molecule has 0 aliphatic carbocycles. The molecule has 0 fully saturated rings. The van der Waals surface area contributed by atoms with E-state index >= 15 is 0 Å². The Kier molecular flexibility index (Phi) is 6.42. The van der Waals surface area contributed by atoms with Gasteiger partial charge in [-0.1, -0.05) is 37.7 Å². The molecule has 3 rings (SSSR count). The minimum absolute atomic E-state index is 0.0720. The van der Waals surface area contributed by atoms with E-state index in [0.717, 1.165) is 0 Å². The number of para-hydroxylation sites is 1. The number of benzene rings is 1. The number of carbonyl (C=O) groups is 1. The second-order valence-electron chi connectivity index (χ2n) is 7.73.